The number of esters is 1. The largest absolute Gasteiger partial charge is 0.500 e. The SMILES string of the molecule is O=C(OCCCPS(=O)(=O)C(F)(F)F)C12CC3CC(CC(C3)C1)C2. The van der Waals surface area contributed by atoms with Gasteiger partial charge in [-0.2, -0.15) is 13.2 Å². The Hall–Kier alpha value is -0.360. The Bertz CT molecular complexity index is 567. The van der Waals surface area contributed by atoms with E-state index in [4.69, 9.17) is 4.74 Å². The molecule has 1 atom stereocenters. The fraction of sp³-hybridized carbons (Fsp3) is 0.933. The summed E-state index contributed by atoms with van der Waals surface area (Å²) < 4.78 is 63.9. The van der Waals surface area contributed by atoms with Crippen LogP contribution >= 0.6 is 7.78 Å². The van der Waals surface area contributed by atoms with Gasteiger partial charge in [-0.3, -0.25) is 4.79 Å². The fourth-order valence-corrected chi connectivity index (χ4v) is 7.49. The van der Waals surface area contributed by atoms with E-state index in [-0.39, 0.29) is 30.6 Å². The predicted molar refractivity (Wildman–Crippen MR) is 84.3 cm³/mol. The van der Waals surface area contributed by atoms with E-state index in [1.165, 1.54) is 19.3 Å². The minimum Gasteiger partial charge on any atom is -0.465 e. The van der Waals surface area contributed by atoms with E-state index in [1.807, 2.05) is 0 Å². The molecule has 9 heteroatoms. The van der Waals surface area contributed by atoms with Gasteiger partial charge in [0.05, 0.1) is 12.0 Å². The number of halogens is 3. The van der Waals surface area contributed by atoms with Gasteiger partial charge in [0.25, 0.3) is 9.46 Å². The fourth-order valence-electron chi connectivity index (χ4n) is 5.04. The van der Waals surface area contributed by atoms with Crippen LogP contribution in [0.1, 0.15) is 44.9 Å². The average molecular weight is 386 g/mol. The van der Waals surface area contributed by atoms with Gasteiger partial charge in [0, 0.05) is 7.78 Å². The lowest BCUT2D eigenvalue weighted by atomic mass is 9.49. The zero-order chi connectivity index (χ0) is 17.6. The van der Waals surface area contributed by atoms with Crippen LogP contribution in [0.3, 0.4) is 0 Å². The second-order valence-electron chi connectivity index (χ2n) is 7.53. The third-order valence-electron chi connectivity index (χ3n) is 5.62. The third-order valence-corrected chi connectivity index (χ3v) is 9.62. The summed E-state index contributed by atoms with van der Waals surface area (Å²) in [6.07, 6.45) is 6.28. The Morgan fingerprint density at radius 1 is 1.08 bits per heavy atom. The van der Waals surface area contributed by atoms with Crippen molar-refractivity contribution in [3.8, 4) is 0 Å². The first-order valence-corrected chi connectivity index (χ1v) is 11.8. The van der Waals surface area contributed by atoms with Gasteiger partial charge in [0.1, 0.15) is 0 Å². The van der Waals surface area contributed by atoms with Crippen LogP contribution in [0, 0.1) is 23.2 Å². The summed E-state index contributed by atoms with van der Waals surface area (Å²) >= 11 is 0. The number of ether oxygens (including phenoxy) is 1. The summed E-state index contributed by atoms with van der Waals surface area (Å²) in [5.41, 5.74) is -5.57. The zero-order valence-corrected chi connectivity index (χ0v) is 15.1. The summed E-state index contributed by atoms with van der Waals surface area (Å²) in [6, 6.07) is 0. The van der Waals surface area contributed by atoms with Crippen molar-refractivity contribution in [3.05, 3.63) is 0 Å². The highest BCUT2D eigenvalue weighted by Gasteiger charge is 2.55. The second-order valence-corrected chi connectivity index (χ2v) is 12.3. The standard InChI is InChI=1S/C15H22F3O4PS/c16-15(17,18)24(20,21)23-3-1-2-22-13(19)14-7-10-4-11(8-14)6-12(5-10)9-14/h10-12,23H,1-9H2. The Kier molecular flexibility index (Phi) is 4.93. The molecule has 1 unspecified atom stereocenters. The lowest BCUT2D eigenvalue weighted by molar-refractivity contribution is -0.171. The Balaban J connectivity index is 1.44. The predicted octanol–water partition coefficient (Wildman–Crippen LogP) is 3.66. The number of alkyl halides is 3. The van der Waals surface area contributed by atoms with E-state index >= 15 is 0 Å². The van der Waals surface area contributed by atoms with Crippen LogP contribution in [0.4, 0.5) is 13.2 Å². The van der Waals surface area contributed by atoms with Gasteiger partial charge >= 0.3 is 11.5 Å². The number of carbonyl (C=O) groups excluding carboxylic acids is 1. The van der Waals surface area contributed by atoms with Crippen molar-refractivity contribution in [1.82, 2.24) is 0 Å². The maximum Gasteiger partial charge on any atom is 0.500 e. The van der Waals surface area contributed by atoms with Crippen molar-refractivity contribution >= 4 is 23.2 Å². The maximum atomic E-state index is 12.5. The van der Waals surface area contributed by atoms with Crippen molar-refractivity contribution in [2.45, 2.75) is 50.5 Å². The molecule has 0 aromatic heterocycles. The third kappa shape index (κ3) is 3.59. The van der Waals surface area contributed by atoms with E-state index in [1.54, 1.807) is 0 Å². The van der Waals surface area contributed by atoms with E-state index < -0.39 is 22.7 Å². The minimum absolute atomic E-state index is 0.000953. The van der Waals surface area contributed by atoms with Crippen LogP contribution in [0.5, 0.6) is 0 Å². The molecule has 0 radical (unpaired) electrons. The van der Waals surface area contributed by atoms with Crippen LogP contribution in [-0.2, 0) is 19.0 Å². The van der Waals surface area contributed by atoms with Crippen molar-refractivity contribution < 1.29 is 31.1 Å². The normalized spacial score (nSPS) is 35.7. The highest BCUT2D eigenvalue weighted by Crippen LogP contribution is 2.60. The maximum absolute atomic E-state index is 12.5. The van der Waals surface area contributed by atoms with Gasteiger partial charge in [0.15, 0.2) is 0 Å². The van der Waals surface area contributed by atoms with Crippen LogP contribution in [0.25, 0.3) is 0 Å². The molecule has 24 heavy (non-hydrogen) atoms. The summed E-state index contributed by atoms with van der Waals surface area (Å²) in [6.45, 7) is 0.000953. The van der Waals surface area contributed by atoms with Crippen LogP contribution < -0.4 is 0 Å². The van der Waals surface area contributed by atoms with Gasteiger partial charge in [-0.15, -0.1) is 0 Å². The number of hydrogen-bond acceptors (Lipinski definition) is 4. The molecule has 0 heterocycles. The molecule has 0 saturated heterocycles. The molecular weight excluding hydrogens is 364 g/mol. The van der Waals surface area contributed by atoms with Crippen LogP contribution in [-0.4, -0.2) is 32.7 Å². The minimum atomic E-state index is -5.19. The molecule has 4 nitrogen and oxygen atoms in total. The van der Waals surface area contributed by atoms with Crippen LogP contribution in [0.2, 0.25) is 0 Å². The summed E-state index contributed by atoms with van der Waals surface area (Å²) in [7, 11) is -6.27. The molecule has 4 aliphatic rings. The molecule has 0 spiro atoms. The number of carbonyl (C=O) groups is 1. The highest BCUT2D eigenvalue weighted by molar-refractivity contribution is 8.44. The quantitative estimate of drug-likeness (QED) is 0.397. The smallest absolute Gasteiger partial charge is 0.465 e. The monoisotopic (exact) mass is 386 g/mol. The van der Waals surface area contributed by atoms with E-state index in [9.17, 15) is 26.4 Å². The van der Waals surface area contributed by atoms with Crippen molar-refractivity contribution in [2.75, 3.05) is 12.8 Å². The molecule has 4 bridgehead atoms. The molecule has 0 amide bonds. The van der Waals surface area contributed by atoms with Gasteiger partial charge in [0.2, 0.25) is 0 Å². The molecule has 4 rings (SSSR count). The molecule has 4 saturated carbocycles. The lowest BCUT2D eigenvalue weighted by Crippen LogP contribution is -2.50. The van der Waals surface area contributed by atoms with Gasteiger partial charge in [-0.25, -0.2) is 8.42 Å². The second kappa shape index (κ2) is 6.42. The van der Waals surface area contributed by atoms with Crippen molar-refractivity contribution in [2.24, 2.45) is 23.2 Å². The van der Waals surface area contributed by atoms with Crippen LogP contribution in [0.15, 0.2) is 0 Å². The highest BCUT2D eigenvalue weighted by atomic mass is 32.8. The van der Waals surface area contributed by atoms with E-state index in [2.05, 4.69) is 0 Å². The molecule has 138 valence electrons. The topological polar surface area (TPSA) is 60.4 Å². The first-order valence-electron chi connectivity index (χ1n) is 8.34. The zero-order valence-electron chi connectivity index (χ0n) is 13.3. The van der Waals surface area contributed by atoms with E-state index in [0.29, 0.717) is 17.8 Å². The number of rotatable bonds is 6. The Morgan fingerprint density at radius 2 is 1.58 bits per heavy atom. The first-order chi connectivity index (χ1) is 11.1. The molecule has 0 aromatic rings. The summed E-state index contributed by atoms with van der Waals surface area (Å²) in [5.74, 6) is 1.62. The molecule has 0 N–H and O–H groups in total. The summed E-state index contributed by atoms with van der Waals surface area (Å²) in [4.78, 5) is 12.5. The van der Waals surface area contributed by atoms with Gasteiger partial charge in [-0.05, 0) is 68.9 Å². The van der Waals surface area contributed by atoms with Crippen molar-refractivity contribution in [1.29, 1.82) is 0 Å². The van der Waals surface area contributed by atoms with Gasteiger partial charge < -0.3 is 4.74 Å². The van der Waals surface area contributed by atoms with Crippen molar-refractivity contribution in [3.63, 3.8) is 0 Å². The number of hydrogen-bond donors (Lipinski definition) is 0. The molecule has 0 aromatic carbocycles. The molecule has 0 aliphatic heterocycles. The molecule has 4 aliphatic carbocycles. The molecular formula is C15H22F3O4PS. The first kappa shape index (κ1) is 18.4. The Morgan fingerprint density at radius 3 is 2.04 bits per heavy atom. The average Bonchev–Trinajstić information content (AvgIpc) is 2.43. The Labute approximate surface area is 141 Å². The molecule has 4 fully saturated rings. The lowest BCUT2D eigenvalue weighted by Gasteiger charge is -2.55. The van der Waals surface area contributed by atoms with E-state index in [0.717, 1.165) is 19.3 Å². The summed E-state index contributed by atoms with van der Waals surface area (Å²) in [5, 5.41) is 0. The van der Waals surface area contributed by atoms with Gasteiger partial charge in [-0.1, -0.05) is 0 Å².